The van der Waals surface area contributed by atoms with Crippen LogP contribution in [0.3, 0.4) is 0 Å². The molecule has 1 heterocycles. The molecule has 2 N–H and O–H groups in total. The summed E-state index contributed by atoms with van der Waals surface area (Å²) < 4.78 is 10.6. The number of carbonyl (C=O) groups excluding carboxylic acids is 2. The van der Waals surface area contributed by atoms with Crippen molar-refractivity contribution >= 4 is 47.2 Å². The highest BCUT2D eigenvalue weighted by Gasteiger charge is 2.33. The molecule has 1 atom stereocenters. The lowest BCUT2D eigenvalue weighted by atomic mass is 10.1. The Kier molecular flexibility index (Phi) is 6.72. The molecule has 8 nitrogen and oxygen atoms in total. The van der Waals surface area contributed by atoms with Crippen LogP contribution in [-0.2, 0) is 16.1 Å². The molecule has 0 aliphatic carbocycles. The van der Waals surface area contributed by atoms with Crippen LogP contribution >= 0.6 is 23.2 Å². The summed E-state index contributed by atoms with van der Waals surface area (Å²) in [7, 11) is 1.41. The van der Waals surface area contributed by atoms with Crippen LogP contribution in [0.15, 0.2) is 42.1 Å². The van der Waals surface area contributed by atoms with E-state index in [-0.39, 0.29) is 23.7 Å². The van der Waals surface area contributed by atoms with Gasteiger partial charge in [-0.25, -0.2) is 9.59 Å². The molecule has 1 fully saturated rings. The highest BCUT2D eigenvalue weighted by molar-refractivity contribution is 6.42. The summed E-state index contributed by atoms with van der Waals surface area (Å²) >= 11 is 11.9. The Bertz CT molecular complexity index is 1090. The summed E-state index contributed by atoms with van der Waals surface area (Å²) in [6.07, 6.45) is 0.422. The van der Waals surface area contributed by atoms with Crippen LogP contribution in [0.1, 0.15) is 18.1 Å². The summed E-state index contributed by atoms with van der Waals surface area (Å²) in [5.74, 6) is -1.10. The minimum absolute atomic E-state index is 0.0298. The average molecular weight is 465 g/mol. The van der Waals surface area contributed by atoms with Gasteiger partial charge in [0.2, 0.25) is 0 Å². The van der Waals surface area contributed by atoms with Crippen LogP contribution < -0.4 is 14.8 Å². The van der Waals surface area contributed by atoms with Crippen molar-refractivity contribution in [3.05, 3.63) is 63.3 Å². The molecule has 1 aliphatic heterocycles. The van der Waals surface area contributed by atoms with Gasteiger partial charge in [-0.05, 0) is 48.4 Å². The third kappa shape index (κ3) is 5.10. The zero-order chi connectivity index (χ0) is 22.7. The maximum Gasteiger partial charge on any atom is 0.344 e. The van der Waals surface area contributed by atoms with Gasteiger partial charge in [0.05, 0.1) is 23.7 Å². The van der Waals surface area contributed by atoms with Gasteiger partial charge in [0.25, 0.3) is 5.91 Å². The van der Waals surface area contributed by atoms with Crippen molar-refractivity contribution in [3.8, 4) is 11.5 Å². The summed E-state index contributed by atoms with van der Waals surface area (Å²) in [5.41, 5.74) is 1.28. The number of nitrogens with one attached hydrogen (secondary N) is 1. The van der Waals surface area contributed by atoms with E-state index < -0.39 is 24.0 Å². The topological polar surface area (TPSA) is 105 Å². The Balaban J connectivity index is 1.80. The minimum Gasteiger partial charge on any atom is -0.493 e. The molecule has 31 heavy (non-hydrogen) atoms. The summed E-state index contributed by atoms with van der Waals surface area (Å²) in [6, 6.07) is 9.00. The molecule has 1 unspecified atom stereocenters. The van der Waals surface area contributed by atoms with E-state index in [1.165, 1.54) is 26.2 Å². The number of rotatable bonds is 7. The number of hydrogen-bond donors (Lipinski definition) is 2. The van der Waals surface area contributed by atoms with Crippen LogP contribution in [0.25, 0.3) is 6.08 Å². The molecular weight excluding hydrogens is 447 g/mol. The molecule has 0 spiro atoms. The van der Waals surface area contributed by atoms with Gasteiger partial charge in [0.1, 0.15) is 5.70 Å². The number of halogens is 2. The van der Waals surface area contributed by atoms with E-state index in [0.29, 0.717) is 21.2 Å². The first kappa shape index (κ1) is 22.5. The molecule has 3 amide bonds. The van der Waals surface area contributed by atoms with E-state index in [1.54, 1.807) is 30.3 Å². The fraction of sp³-hybridized carbons (Fsp3) is 0.190. The van der Waals surface area contributed by atoms with Crippen LogP contribution in [-0.4, -0.2) is 41.1 Å². The zero-order valence-corrected chi connectivity index (χ0v) is 18.0. The van der Waals surface area contributed by atoms with Gasteiger partial charge in [-0.15, -0.1) is 0 Å². The van der Waals surface area contributed by atoms with Gasteiger partial charge in [-0.1, -0.05) is 35.3 Å². The summed E-state index contributed by atoms with van der Waals surface area (Å²) in [6.45, 7) is 1.43. The first-order valence-electron chi connectivity index (χ1n) is 9.05. The van der Waals surface area contributed by atoms with Crippen LogP contribution in [0, 0.1) is 0 Å². The Hall–Kier alpha value is -3.23. The number of carbonyl (C=O) groups is 3. The lowest BCUT2D eigenvalue weighted by Crippen LogP contribution is -2.30. The second kappa shape index (κ2) is 9.28. The summed E-state index contributed by atoms with van der Waals surface area (Å²) in [4.78, 5) is 37.1. The number of urea groups is 1. The van der Waals surface area contributed by atoms with Crippen LogP contribution in [0.4, 0.5) is 4.79 Å². The van der Waals surface area contributed by atoms with Crippen molar-refractivity contribution in [1.82, 2.24) is 10.2 Å². The van der Waals surface area contributed by atoms with Crippen molar-refractivity contribution in [2.24, 2.45) is 0 Å². The van der Waals surface area contributed by atoms with Crippen molar-refractivity contribution in [3.63, 3.8) is 0 Å². The number of imide groups is 1. The number of aliphatic carboxylic acids is 1. The van der Waals surface area contributed by atoms with Crippen molar-refractivity contribution in [2.45, 2.75) is 19.6 Å². The van der Waals surface area contributed by atoms with Gasteiger partial charge in [-0.2, -0.15) is 0 Å². The van der Waals surface area contributed by atoms with Gasteiger partial charge in [0, 0.05) is 0 Å². The minimum atomic E-state index is -1.12. The van der Waals surface area contributed by atoms with Crippen molar-refractivity contribution < 1.29 is 29.0 Å². The van der Waals surface area contributed by atoms with E-state index in [0.717, 1.165) is 4.90 Å². The molecule has 0 aromatic heterocycles. The highest BCUT2D eigenvalue weighted by Crippen LogP contribution is 2.30. The smallest absolute Gasteiger partial charge is 0.344 e. The SMILES string of the molecule is COc1cc(/C=C2/NC(=O)N(Cc3ccc(Cl)c(Cl)c3)C2=O)ccc1OC(C)C(=O)O. The monoisotopic (exact) mass is 464 g/mol. The van der Waals surface area contributed by atoms with Gasteiger partial charge in [0.15, 0.2) is 17.6 Å². The second-order valence-corrected chi connectivity index (χ2v) is 7.45. The molecule has 0 radical (unpaired) electrons. The maximum atomic E-state index is 12.7. The standard InChI is InChI=1S/C21H18Cl2N2O6/c1-11(20(27)28)31-17-6-4-12(9-18(17)30-2)8-16-19(26)25(21(29)24-16)10-13-3-5-14(22)15(23)7-13/h3-9,11H,10H2,1-2H3,(H,24,29)(H,27,28)/b16-8+. The number of carboxylic acid groups (broad SMARTS) is 1. The number of ether oxygens (including phenoxy) is 2. The summed E-state index contributed by atoms with van der Waals surface area (Å²) in [5, 5.41) is 12.2. The predicted molar refractivity (Wildman–Crippen MR) is 114 cm³/mol. The van der Waals surface area contributed by atoms with Crippen molar-refractivity contribution in [1.29, 1.82) is 0 Å². The fourth-order valence-electron chi connectivity index (χ4n) is 2.81. The van der Waals surface area contributed by atoms with E-state index in [2.05, 4.69) is 5.32 Å². The van der Waals surface area contributed by atoms with Gasteiger partial charge < -0.3 is 19.9 Å². The number of hydrogen-bond acceptors (Lipinski definition) is 5. The van der Waals surface area contributed by atoms with E-state index in [9.17, 15) is 14.4 Å². The Morgan fingerprint density at radius 3 is 2.55 bits per heavy atom. The number of methoxy groups -OCH3 is 1. The normalized spacial score (nSPS) is 15.7. The molecule has 1 saturated heterocycles. The first-order chi connectivity index (χ1) is 14.7. The molecule has 0 saturated carbocycles. The van der Waals surface area contributed by atoms with E-state index in [4.69, 9.17) is 37.8 Å². The molecule has 2 aromatic rings. The zero-order valence-electron chi connectivity index (χ0n) is 16.5. The molecular formula is C21H18Cl2N2O6. The lowest BCUT2D eigenvalue weighted by Gasteiger charge is -2.14. The van der Waals surface area contributed by atoms with Crippen LogP contribution in [0.2, 0.25) is 10.0 Å². The largest absolute Gasteiger partial charge is 0.493 e. The second-order valence-electron chi connectivity index (χ2n) is 6.64. The van der Waals surface area contributed by atoms with Crippen LogP contribution in [0.5, 0.6) is 11.5 Å². The highest BCUT2D eigenvalue weighted by atomic mass is 35.5. The van der Waals surface area contributed by atoms with Gasteiger partial charge >= 0.3 is 12.0 Å². The fourth-order valence-corrected chi connectivity index (χ4v) is 3.14. The average Bonchev–Trinajstić information content (AvgIpc) is 2.98. The third-order valence-electron chi connectivity index (χ3n) is 4.44. The molecule has 162 valence electrons. The molecule has 0 bridgehead atoms. The molecule has 10 heteroatoms. The maximum absolute atomic E-state index is 12.7. The van der Waals surface area contributed by atoms with Gasteiger partial charge in [-0.3, -0.25) is 9.69 Å². The number of amides is 3. The Morgan fingerprint density at radius 2 is 1.90 bits per heavy atom. The Labute approximate surface area is 187 Å². The Morgan fingerprint density at radius 1 is 1.16 bits per heavy atom. The molecule has 2 aromatic carbocycles. The molecule has 1 aliphatic rings. The third-order valence-corrected chi connectivity index (χ3v) is 5.18. The quantitative estimate of drug-likeness (QED) is 0.474. The predicted octanol–water partition coefficient (Wildman–Crippen LogP) is 3.95. The lowest BCUT2D eigenvalue weighted by molar-refractivity contribution is -0.144. The molecule has 3 rings (SSSR count). The first-order valence-corrected chi connectivity index (χ1v) is 9.81. The number of benzene rings is 2. The van der Waals surface area contributed by atoms with E-state index >= 15 is 0 Å². The van der Waals surface area contributed by atoms with Crippen molar-refractivity contribution in [2.75, 3.05) is 7.11 Å². The van der Waals surface area contributed by atoms with E-state index in [1.807, 2.05) is 0 Å². The number of nitrogens with zero attached hydrogens (tertiary/aromatic N) is 1. The number of carboxylic acids is 1.